The number of methoxy groups -OCH3 is 1. The number of hydrogen-bond acceptors (Lipinski definition) is 3. The van der Waals surface area contributed by atoms with Crippen molar-refractivity contribution in [3.05, 3.63) is 99.4 Å². The first-order chi connectivity index (χ1) is 19.0. The number of hydrogen-bond donors (Lipinski definition) is 1. The minimum absolute atomic E-state index is 0.0822. The number of aryl methyl sites for hydroxylation is 3. The summed E-state index contributed by atoms with van der Waals surface area (Å²) in [6.07, 6.45) is 7.15. The normalized spacial score (nSPS) is 12.2. The number of carbonyl (C=O) groups is 1. The van der Waals surface area contributed by atoms with Gasteiger partial charge in [-0.15, -0.1) is 0 Å². The van der Waals surface area contributed by atoms with E-state index in [1.165, 1.54) is 29.9 Å². The SMILES string of the molecule is CCC(O)(/C=C/c1ccc(C(CC)(CC)c2cc(C)c(-c3ccc(CC(=O)OC)c(F)c3)c(C)c2)cc1C)CC. The molecule has 0 amide bonds. The molecule has 0 fully saturated rings. The van der Waals surface area contributed by atoms with Crippen LogP contribution in [0.4, 0.5) is 4.39 Å². The Kier molecular flexibility index (Phi) is 10.1. The van der Waals surface area contributed by atoms with Gasteiger partial charge in [0.2, 0.25) is 0 Å². The highest BCUT2D eigenvalue weighted by Crippen LogP contribution is 2.42. The van der Waals surface area contributed by atoms with E-state index in [2.05, 4.69) is 65.0 Å². The zero-order valence-corrected chi connectivity index (χ0v) is 25.5. The first-order valence-electron chi connectivity index (χ1n) is 14.5. The molecular weight excluding hydrogens is 499 g/mol. The molecule has 40 heavy (non-hydrogen) atoms. The number of benzene rings is 3. The predicted molar refractivity (Wildman–Crippen MR) is 164 cm³/mol. The Hall–Kier alpha value is -3.24. The van der Waals surface area contributed by atoms with Crippen molar-refractivity contribution in [3.8, 4) is 11.1 Å². The van der Waals surface area contributed by atoms with E-state index in [0.717, 1.165) is 40.7 Å². The Labute approximate surface area is 240 Å². The largest absolute Gasteiger partial charge is 0.469 e. The van der Waals surface area contributed by atoms with E-state index in [-0.39, 0.29) is 11.8 Å². The van der Waals surface area contributed by atoms with Crippen LogP contribution in [0.25, 0.3) is 17.2 Å². The maximum atomic E-state index is 14.9. The number of esters is 1. The third kappa shape index (κ3) is 6.39. The number of ether oxygens (including phenoxy) is 1. The molecule has 3 rings (SSSR count). The molecule has 0 aliphatic rings. The molecule has 0 bridgehead atoms. The Balaban J connectivity index is 2.03. The lowest BCUT2D eigenvalue weighted by molar-refractivity contribution is -0.139. The molecule has 0 saturated carbocycles. The van der Waals surface area contributed by atoms with Crippen LogP contribution < -0.4 is 0 Å². The molecule has 0 saturated heterocycles. The summed E-state index contributed by atoms with van der Waals surface area (Å²) in [6, 6.07) is 16.3. The molecule has 214 valence electrons. The van der Waals surface area contributed by atoms with E-state index in [1.807, 2.05) is 32.1 Å². The van der Waals surface area contributed by atoms with Gasteiger partial charge in [-0.25, -0.2) is 4.39 Å². The summed E-state index contributed by atoms with van der Waals surface area (Å²) < 4.78 is 19.6. The number of aliphatic hydroxyl groups is 1. The molecule has 0 atom stereocenters. The van der Waals surface area contributed by atoms with Gasteiger partial charge in [-0.1, -0.05) is 82.3 Å². The highest BCUT2D eigenvalue weighted by Gasteiger charge is 2.32. The molecule has 0 aliphatic heterocycles. The van der Waals surface area contributed by atoms with Gasteiger partial charge in [0.1, 0.15) is 5.82 Å². The molecule has 0 aromatic heterocycles. The topological polar surface area (TPSA) is 46.5 Å². The molecule has 0 aliphatic carbocycles. The van der Waals surface area contributed by atoms with Gasteiger partial charge in [-0.05, 0) is 103 Å². The van der Waals surface area contributed by atoms with Crippen molar-refractivity contribution in [3.63, 3.8) is 0 Å². The van der Waals surface area contributed by atoms with E-state index >= 15 is 0 Å². The molecule has 0 radical (unpaired) electrons. The zero-order valence-electron chi connectivity index (χ0n) is 25.5. The minimum atomic E-state index is -0.775. The number of halogens is 1. The van der Waals surface area contributed by atoms with Crippen LogP contribution in [0.3, 0.4) is 0 Å². The van der Waals surface area contributed by atoms with Gasteiger partial charge in [0, 0.05) is 5.41 Å². The first-order valence-corrected chi connectivity index (χ1v) is 14.5. The molecule has 3 nitrogen and oxygen atoms in total. The second kappa shape index (κ2) is 13.0. The fourth-order valence-corrected chi connectivity index (χ4v) is 5.89. The van der Waals surface area contributed by atoms with Crippen molar-refractivity contribution in [2.75, 3.05) is 7.11 Å². The van der Waals surface area contributed by atoms with Crippen molar-refractivity contribution >= 4 is 12.0 Å². The van der Waals surface area contributed by atoms with Crippen LogP contribution in [0.15, 0.2) is 54.6 Å². The van der Waals surface area contributed by atoms with E-state index in [0.29, 0.717) is 18.4 Å². The van der Waals surface area contributed by atoms with Gasteiger partial charge in [0.05, 0.1) is 19.1 Å². The van der Waals surface area contributed by atoms with Crippen molar-refractivity contribution in [2.45, 2.75) is 91.6 Å². The molecule has 0 heterocycles. The number of carbonyl (C=O) groups excluding carboxylic acids is 1. The van der Waals surface area contributed by atoms with Crippen molar-refractivity contribution in [1.29, 1.82) is 0 Å². The molecule has 3 aromatic carbocycles. The van der Waals surface area contributed by atoms with Crippen LogP contribution in [-0.2, 0) is 21.4 Å². The van der Waals surface area contributed by atoms with E-state index in [1.54, 1.807) is 6.07 Å². The molecule has 1 N–H and O–H groups in total. The van der Waals surface area contributed by atoms with E-state index in [9.17, 15) is 14.3 Å². The molecule has 4 heteroatoms. The lowest BCUT2D eigenvalue weighted by Gasteiger charge is -2.35. The Morgan fingerprint density at radius 1 is 0.850 bits per heavy atom. The van der Waals surface area contributed by atoms with Crippen LogP contribution >= 0.6 is 0 Å². The second-order valence-corrected chi connectivity index (χ2v) is 11.0. The van der Waals surface area contributed by atoms with Crippen molar-refractivity contribution < 1.29 is 19.0 Å². The molecule has 0 spiro atoms. The van der Waals surface area contributed by atoms with Gasteiger partial charge in [0.15, 0.2) is 0 Å². The summed E-state index contributed by atoms with van der Waals surface area (Å²) in [4.78, 5) is 11.6. The van der Waals surface area contributed by atoms with E-state index < -0.39 is 17.4 Å². The number of rotatable bonds is 11. The fourth-order valence-electron chi connectivity index (χ4n) is 5.89. The maximum Gasteiger partial charge on any atom is 0.310 e. The van der Waals surface area contributed by atoms with Crippen LogP contribution in [0.2, 0.25) is 0 Å². The highest BCUT2D eigenvalue weighted by molar-refractivity contribution is 5.75. The maximum absolute atomic E-state index is 14.9. The van der Waals surface area contributed by atoms with Gasteiger partial charge in [-0.2, -0.15) is 0 Å². The van der Waals surface area contributed by atoms with Gasteiger partial charge in [-0.3, -0.25) is 4.79 Å². The Morgan fingerprint density at radius 2 is 1.45 bits per heavy atom. The molecule has 3 aromatic rings. The first kappa shape index (κ1) is 31.3. The summed E-state index contributed by atoms with van der Waals surface area (Å²) >= 11 is 0. The fraction of sp³-hybridized carbons (Fsp3) is 0.417. The Bertz CT molecular complexity index is 1350. The summed E-state index contributed by atoms with van der Waals surface area (Å²) in [5, 5.41) is 10.7. The summed E-state index contributed by atoms with van der Waals surface area (Å²) in [6.45, 7) is 14.8. The lowest BCUT2D eigenvalue weighted by atomic mass is 9.69. The van der Waals surface area contributed by atoms with Crippen LogP contribution in [0, 0.1) is 26.6 Å². The van der Waals surface area contributed by atoms with Crippen molar-refractivity contribution in [1.82, 2.24) is 0 Å². The van der Waals surface area contributed by atoms with Crippen LogP contribution in [0.5, 0.6) is 0 Å². The van der Waals surface area contributed by atoms with Crippen LogP contribution in [-0.4, -0.2) is 23.8 Å². The summed E-state index contributed by atoms with van der Waals surface area (Å²) in [7, 11) is 1.31. The standard InChI is InChI=1S/C36H45FO3/c1-9-35(39,10-2)18-17-27-15-16-30(19-24(27)5)36(11-3,12-4)31-20-25(6)34(26(7)21-31)29-14-13-28(32(37)22-29)23-33(38)40-8/h13-22,39H,9-12,23H2,1-8H3/b18-17+. The summed E-state index contributed by atoms with van der Waals surface area (Å²) in [5.74, 6) is -0.857. The Morgan fingerprint density at radius 3 is 1.95 bits per heavy atom. The molecular formula is C36H45FO3. The zero-order chi connectivity index (χ0) is 29.7. The van der Waals surface area contributed by atoms with Gasteiger partial charge >= 0.3 is 5.97 Å². The minimum Gasteiger partial charge on any atom is -0.469 e. The highest BCUT2D eigenvalue weighted by atomic mass is 19.1. The smallest absolute Gasteiger partial charge is 0.310 e. The van der Waals surface area contributed by atoms with Crippen molar-refractivity contribution in [2.24, 2.45) is 0 Å². The quantitative estimate of drug-likeness (QED) is 0.245. The van der Waals surface area contributed by atoms with E-state index in [4.69, 9.17) is 4.74 Å². The molecule has 0 unspecified atom stereocenters. The van der Waals surface area contributed by atoms with Crippen LogP contribution in [0.1, 0.15) is 92.3 Å². The summed E-state index contributed by atoms with van der Waals surface area (Å²) in [5.41, 5.74) is 8.24. The second-order valence-electron chi connectivity index (χ2n) is 11.0. The van der Waals surface area contributed by atoms with Gasteiger partial charge in [0.25, 0.3) is 0 Å². The third-order valence-corrected chi connectivity index (χ3v) is 8.82. The lowest BCUT2D eigenvalue weighted by Crippen LogP contribution is -2.26. The predicted octanol–water partition coefficient (Wildman–Crippen LogP) is 8.80. The average Bonchev–Trinajstić information content (AvgIpc) is 2.94. The monoisotopic (exact) mass is 544 g/mol. The third-order valence-electron chi connectivity index (χ3n) is 8.82. The van der Waals surface area contributed by atoms with Gasteiger partial charge < -0.3 is 9.84 Å². The average molecular weight is 545 g/mol.